The monoisotopic (exact) mass is 290 g/mol. The van der Waals surface area contributed by atoms with E-state index in [2.05, 4.69) is 6.07 Å². The van der Waals surface area contributed by atoms with Crippen molar-refractivity contribution in [2.24, 2.45) is 0 Å². The van der Waals surface area contributed by atoms with E-state index < -0.39 is 5.60 Å². The molecular weight excluding hydrogens is 276 g/mol. The summed E-state index contributed by atoms with van der Waals surface area (Å²) in [5.74, 6) is 0.274. The zero-order valence-corrected chi connectivity index (χ0v) is 12.3. The van der Waals surface area contributed by atoms with Gasteiger partial charge in [-0.25, -0.2) is 0 Å². The highest BCUT2D eigenvalue weighted by atomic mass is 32.2. The maximum absolute atomic E-state index is 10.3. The summed E-state index contributed by atoms with van der Waals surface area (Å²) in [6.45, 7) is 3.59. The Hall–Kier alpha value is -1.10. The van der Waals surface area contributed by atoms with Gasteiger partial charge < -0.3 is 10.2 Å². The van der Waals surface area contributed by atoms with Crippen LogP contribution in [0.5, 0.6) is 5.75 Å². The van der Waals surface area contributed by atoms with Crippen molar-refractivity contribution in [3.63, 3.8) is 0 Å². The van der Waals surface area contributed by atoms with Crippen LogP contribution in [-0.4, -0.2) is 10.2 Å². The Morgan fingerprint density at radius 2 is 1.74 bits per heavy atom. The molecule has 2 N–H and O–H groups in total. The van der Waals surface area contributed by atoms with Crippen LogP contribution in [0.15, 0.2) is 56.0 Å². The molecule has 98 valence electrons. The molecule has 0 spiro atoms. The number of aliphatic hydroxyl groups is 1. The summed E-state index contributed by atoms with van der Waals surface area (Å²) in [6.07, 6.45) is 0. The Bertz CT molecular complexity index is 645. The number of hydrogen-bond donors (Lipinski definition) is 2. The minimum Gasteiger partial charge on any atom is -0.508 e. The van der Waals surface area contributed by atoms with Gasteiger partial charge in [-0.1, -0.05) is 35.7 Å². The van der Waals surface area contributed by atoms with Crippen LogP contribution in [0.2, 0.25) is 0 Å². The first-order valence-electron chi connectivity index (χ1n) is 6.00. The van der Waals surface area contributed by atoms with Crippen molar-refractivity contribution >= 4 is 23.5 Å². The molecule has 0 unspecified atom stereocenters. The van der Waals surface area contributed by atoms with Crippen LogP contribution in [0.25, 0.3) is 0 Å². The topological polar surface area (TPSA) is 40.5 Å². The second-order valence-corrected chi connectivity index (χ2v) is 7.16. The van der Waals surface area contributed by atoms with Gasteiger partial charge in [0.05, 0.1) is 5.60 Å². The van der Waals surface area contributed by atoms with Gasteiger partial charge in [0.2, 0.25) is 0 Å². The number of phenolic OH excluding ortho intramolecular Hbond substituents is 1. The van der Waals surface area contributed by atoms with Gasteiger partial charge >= 0.3 is 0 Å². The normalized spacial score (nSPS) is 13.8. The van der Waals surface area contributed by atoms with Gasteiger partial charge in [-0.05, 0) is 43.7 Å². The molecule has 2 aromatic rings. The molecule has 4 heteroatoms. The smallest absolute Gasteiger partial charge is 0.116 e. The lowest BCUT2D eigenvalue weighted by Gasteiger charge is -2.26. The largest absolute Gasteiger partial charge is 0.508 e. The molecule has 1 aliphatic rings. The molecular formula is C15H14O2S2. The van der Waals surface area contributed by atoms with Crippen molar-refractivity contribution in [3.05, 3.63) is 42.0 Å². The van der Waals surface area contributed by atoms with E-state index in [9.17, 15) is 10.2 Å². The standard InChI is InChI=1S/C15H14O2S2/c1-15(2,17)10-4-3-5-12-14(10)19-13-8-9(16)6-7-11(13)18-12/h3-8,16-17H,1-2H3. The second-order valence-electron chi connectivity index (χ2n) is 5.03. The Morgan fingerprint density at radius 3 is 2.47 bits per heavy atom. The van der Waals surface area contributed by atoms with Crippen molar-refractivity contribution in [1.82, 2.24) is 0 Å². The van der Waals surface area contributed by atoms with Crippen LogP contribution in [0.4, 0.5) is 0 Å². The molecule has 0 aliphatic carbocycles. The van der Waals surface area contributed by atoms with E-state index in [1.165, 1.54) is 0 Å². The van der Waals surface area contributed by atoms with Gasteiger partial charge in [-0.3, -0.25) is 0 Å². The van der Waals surface area contributed by atoms with Crippen LogP contribution < -0.4 is 0 Å². The lowest BCUT2D eigenvalue weighted by atomic mass is 9.98. The first-order valence-corrected chi connectivity index (χ1v) is 7.63. The third kappa shape index (κ3) is 2.36. The van der Waals surface area contributed by atoms with E-state index in [-0.39, 0.29) is 5.75 Å². The fourth-order valence-corrected chi connectivity index (χ4v) is 4.62. The molecule has 2 aromatic carbocycles. The Kier molecular flexibility index (Phi) is 3.04. The van der Waals surface area contributed by atoms with E-state index in [0.717, 1.165) is 25.1 Å². The van der Waals surface area contributed by atoms with Crippen molar-refractivity contribution in [2.45, 2.75) is 39.0 Å². The minimum absolute atomic E-state index is 0.274. The van der Waals surface area contributed by atoms with E-state index in [1.54, 1.807) is 49.5 Å². The SMILES string of the molecule is CC(C)(O)c1cccc2c1Sc1cc(O)ccc1S2. The van der Waals surface area contributed by atoms with Gasteiger partial charge in [0.15, 0.2) is 0 Å². The molecule has 1 heterocycles. The third-order valence-electron chi connectivity index (χ3n) is 3.00. The zero-order chi connectivity index (χ0) is 13.6. The second kappa shape index (κ2) is 4.47. The molecule has 0 bridgehead atoms. The van der Waals surface area contributed by atoms with Crippen molar-refractivity contribution in [2.75, 3.05) is 0 Å². The highest BCUT2D eigenvalue weighted by Gasteiger charge is 2.26. The van der Waals surface area contributed by atoms with E-state index >= 15 is 0 Å². The molecule has 0 atom stereocenters. The van der Waals surface area contributed by atoms with Crippen molar-refractivity contribution in [3.8, 4) is 5.75 Å². The van der Waals surface area contributed by atoms with Crippen molar-refractivity contribution in [1.29, 1.82) is 0 Å². The molecule has 0 saturated carbocycles. The summed E-state index contributed by atoms with van der Waals surface area (Å²) < 4.78 is 0. The molecule has 2 nitrogen and oxygen atoms in total. The Labute approximate surface area is 120 Å². The van der Waals surface area contributed by atoms with Gasteiger partial charge in [-0.15, -0.1) is 0 Å². The van der Waals surface area contributed by atoms with Crippen LogP contribution in [0, 0.1) is 0 Å². The van der Waals surface area contributed by atoms with Crippen LogP contribution in [0.1, 0.15) is 19.4 Å². The highest BCUT2D eigenvalue weighted by molar-refractivity contribution is 8.05. The summed E-state index contributed by atoms with van der Waals surface area (Å²) in [6, 6.07) is 11.4. The molecule has 0 saturated heterocycles. The van der Waals surface area contributed by atoms with Gasteiger partial charge in [0.1, 0.15) is 5.75 Å². The lowest BCUT2D eigenvalue weighted by Crippen LogP contribution is -2.17. The maximum Gasteiger partial charge on any atom is 0.116 e. The van der Waals surface area contributed by atoms with Crippen LogP contribution in [0.3, 0.4) is 0 Å². The first-order chi connectivity index (χ1) is 8.95. The third-order valence-corrected chi connectivity index (χ3v) is 5.59. The van der Waals surface area contributed by atoms with Gasteiger partial charge in [-0.2, -0.15) is 0 Å². The number of aromatic hydroxyl groups is 1. The van der Waals surface area contributed by atoms with Crippen LogP contribution >= 0.6 is 23.5 Å². The Balaban J connectivity index is 2.13. The number of hydrogen-bond acceptors (Lipinski definition) is 4. The maximum atomic E-state index is 10.3. The van der Waals surface area contributed by atoms with E-state index in [1.807, 2.05) is 18.2 Å². The Morgan fingerprint density at radius 1 is 0.947 bits per heavy atom. The number of fused-ring (bicyclic) bond motifs is 2. The van der Waals surface area contributed by atoms with E-state index in [4.69, 9.17) is 0 Å². The van der Waals surface area contributed by atoms with Crippen LogP contribution in [-0.2, 0) is 5.60 Å². The number of phenols is 1. The fraction of sp³-hybridized carbons (Fsp3) is 0.200. The molecule has 3 rings (SSSR count). The molecule has 1 aliphatic heterocycles. The summed E-state index contributed by atoms with van der Waals surface area (Å²) in [5.41, 5.74) is 0.0595. The predicted molar refractivity (Wildman–Crippen MR) is 78.0 cm³/mol. The zero-order valence-electron chi connectivity index (χ0n) is 10.7. The van der Waals surface area contributed by atoms with E-state index in [0.29, 0.717) is 0 Å². The average Bonchev–Trinajstić information content (AvgIpc) is 2.34. The van der Waals surface area contributed by atoms with Gasteiger partial charge in [0, 0.05) is 19.6 Å². The van der Waals surface area contributed by atoms with Gasteiger partial charge in [0.25, 0.3) is 0 Å². The number of rotatable bonds is 1. The number of benzene rings is 2. The molecule has 0 fully saturated rings. The molecule has 0 amide bonds. The minimum atomic E-state index is -0.868. The average molecular weight is 290 g/mol. The molecule has 0 radical (unpaired) electrons. The summed E-state index contributed by atoms with van der Waals surface area (Å²) >= 11 is 3.29. The molecule has 19 heavy (non-hydrogen) atoms. The van der Waals surface area contributed by atoms with Crippen molar-refractivity contribution < 1.29 is 10.2 Å². The lowest BCUT2D eigenvalue weighted by molar-refractivity contribution is 0.0753. The first kappa shape index (κ1) is 12.9. The summed E-state index contributed by atoms with van der Waals surface area (Å²) in [4.78, 5) is 4.42. The summed E-state index contributed by atoms with van der Waals surface area (Å²) in [5, 5.41) is 19.9. The highest BCUT2D eigenvalue weighted by Crippen LogP contribution is 2.51. The molecule has 0 aromatic heterocycles. The summed E-state index contributed by atoms with van der Waals surface area (Å²) in [7, 11) is 0. The predicted octanol–water partition coefficient (Wildman–Crippen LogP) is 4.24. The quantitative estimate of drug-likeness (QED) is 0.703. The fourth-order valence-electron chi connectivity index (χ4n) is 2.07.